The van der Waals surface area contributed by atoms with Gasteiger partial charge in [-0.25, -0.2) is 0 Å². The maximum atomic E-state index is 10.9. The lowest BCUT2D eigenvalue weighted by atomic mass is 10.0. The van der Waals surface area contributed by atoms with Crippen LogP contribution < -0.4 is 15.8 Å². The van der Waals surface area contributed by atoms with Gasteiger partial charge in [-0.05, 0) is 38.3 Å². The van der Waals surface area contributed by atoms with E-state index in [-0.39, 0.29) is 5.69 Å². The van der Waals surface area contributed by atoms with Crippen molar-refractivity contribution in [3.8, 4) is 5.75 Å². The van der Waals surface area contributed by atoms with Gasteiger partial charge in [0.2, 0.25) is 0 Å². The van der Waals surface area contributed by atoms with Gasteiger partial charge in [-0.2, -0.15) is 0 Å². The van der Waals surface area contributed by atoms with Crippen LogP contribution >= 0.6 is 0 Å². The van der Waals surface area contributed by atoms with Gasteiger partial charge in [0, 0.05) is 23.9 Å². The Balaban J connectivity index is 2.16. The summed E-state index contributed by atoms with van der Waals surface area (Å²) in [5.41, 5.74) is 6.62. The number of nitrogens with two attached hydrogens (primary N) is 1. The third-order valence-corrected chi connectivity index (χ3v) is 3.77. The van der Waals surface area contributed by atoms with Gasteiger partial charge in [-0.1, -0.05) is 6.42 Å². The van der Waals surface area contributed by atoms with Crippen LogP contribution in [0, 0.1) is 16.0 Å². The molecule has 3 N–H and O–H groups in total. The number of nitro groups is 1. The van der Waals surface area contributed by atoms with Gasteiger partial charge >= 0.3 is 5.69 Å². The van der Waals surface area contributed by atoms with Crippen molar-refractivity contribution in [1.29, 1.82) is 0 Å². The standard InChI is InChI=1S/C14H21N3O3/c1-2-20-14-8-11(6-7-13(14)17(18)19)16-12-5-3-4-10(12)9-15/h6-8,10,12,16H,2-5,9,15H2,1H3. The van der Waals surface area contributed by atoms with E-state index in [1.54, 1.807) is 12.1 Å². The number of anilines is 1. The molecule has 0 saturated heterocycles. The Morgan fingerprint density at radius 1 is 1.50 bits per heavy atom. The highest BCUT2D eigenvalue weighted by molar-refractivity contribution is 5.58. The minimum Gasteiger partial charge on any atom is -0.487 e. The smallest absolute Gasteiger partial charge is 0.311 e. The molecular formula is C14H21N3O3. The van der Waals surface area contributed by atoms with Crippen LogP contribution in [0.5, 0.6) is 5.75 Å². The molecule has 2 rings (SSSR count). The van der Waals surface area contributed by atoms with E-state index in [9.17, 15) is 10.1 Å². The molecule has 6 nitrogen and oxygen atoms in total. The Hall–Kier alpha value is -1.82. The van der Waals surface area contributed by atoms with Crippen molar-refractivity contribution < 1.29 is 9.66 Å². The first kappa shape index (κ1) is 14.6. The topological polar surface area (TPSA) is 90.4 Å². The molecule has 6 heteroatoms. The number of nitrogens with one attached hydrogen (secondary N) is 1. The van der Waals surface area contributed by atoms with Crippen molar-refractivity contribution >= 4 is 11.4 Å². The molecule has 1 aliphatic rings. The van der Waals surface area contributed by atoms with E-state index in [1.165, 1.54) is 12.5 Å². The second-order valence-corrected chi connectivity index (χ2v) is 5.05. The van der Waals surface area contributed by atoms with Crippen LogP contribution in [0.15, 0.2) is 18.2 Å². The van der Waals surface area contributed by atoms with E-state index < -0.39 is 4.92 Å². The predicted molar refractivity (Wildman–Crippen MR) is 78.1 cm³/mol. The Morgan fingerprint density at radius 2 is 2.30 bits per heavy atom. The maximum Gasteiger partial charge on any atom is 0.311 e. The fraction of sp³-hybridized carbons (Fsp3) is 0.571. The van der Waals surface area contributed by atoms with Crippen molar-refractivity contribution in [3.05, 3.63) is 28.3 Å². The fourth-order valence-electron chi connectivity index (χ4n) is 2.75. The Morgan fingerprint density at radius 3 is 2.95 bits per heavy atom. The van der Waals surface area contributed by atoms with Crippen molar-refractivity contribution in [3.63, 3.8) is 0 Å². The number of hydrogen-bond acceptors (Lipinski definition) is 5. The molecular weight excluding hydrogens is 258 g/mol. The lowest BCUT2D eigenvalue weighted by molar-refractivity contribution is -0.385. The molecule has 20 heavy (non-hydrogen) atoms. The van der Waals surface area contributed by atoms with Crippen LogP contribution in [-0.2, 0) is 0 Å². The summed E-state index contributed by atoms with van der Waals surface area (Å²) in [7, 11) is 0. The molecule has 0 amide bonds. The van der Waals surface area contributed by atoms with E-state index in [1.807, 2.05) is 6.92 Å². The Labute approximate surface area is 118 Å². The quantitative estimate of drug-likeness (QED) is 0.617. The second kappa shape index (κ2) is 6.56. The average molecular weight is 279 g/mol. The SMILES string of the molecule is CCOc1cc(NC2CCCC2CN)ccc1[N+](=O)[O-]. The molecule has 1 aromatic rings. The van der Waals surface area contributed by atoms with Crippen molar-refractivity contribution in [2.45, 2.75) is 32.2 Å². The summed E-state index contributed by atoms with van der Waals surface area (Å²) in [4.78, 5) is 10.5. The molecule has 2 atom stereocenters. The molecule has 0 spiro atoms. The van der Waals surface area contributed by atoms with E-state index >= 15 is 0 Å². The first-order chi connectivity index (χ1) is 9.65. The maximum absolute atomic E-state index is 10.9. The highest BCUT2D eigenvalue weighted by Crippen LogP contribution is 2.33. The number of rotatable bonds is 6. The normalized spacial score (nSPS) is 21.7. The van der Waals surface area contributed by atoms with Crippen molar-refractivity contribution in [1.82, 2.24) is 0 Å². The zero-order valence-corrected chi connectivity index (χ0v) is 11.7. The molecule has 0 heterocycles. The molecule has 1 fully saturated rings. The summed E-state index contributed by atoms with van der Waals surface area (Å²) in [5, 5.41) is 14.4. The molecule has 1 aliphatic carbocycles. The predicted octanol–water partition coefficient (Wildman–Crippen LogP) is 2.53. The van der Waals surface area contributed by atoms with Gasteiger partial charge in [0.05, 0.1) is 11.5 Å². The van der Waals surface area contributed by atoms with Gasteiger partial charge in [-0.15, -0.1) is 0 Å². The zero-order valence-electron chi connectivity index (χ0n) is 11.7. The highest BCUT2D eigenvalue weighted by Gasteiger charge is 2.26. The molecule has 0 aromatic heterocycles. The summed E-state index contributed by atoms with van der Waals surface area (Å²) in [6.45, 7) is 2.88. The second-order valence-electron chi connectivity index (χ2n) is 5.05. The fourth-order valence-corrected chi connectivity index (χ4v) is 2.75. The molecule has 0 bridgehead atoms. The van der Waals surface area contributed by atoms with Crippen LogP contribution in [0.4, 0.5) is 11.4 Å². The summed E-state index contributed by atoms with van der Waals surface area (Å²) >= 11 is 0. The lowest BCUT2D eigenvalue weighted by Gasteiger charge is -2.21. The van der Waals surface area contributed by atoms with Crippen molar-refractivity contribution in [2.75, 3.05) is 18.5 Å². The number of hydrogen-bond donors (Lipinski definition) is 2. The summed E-state index contributed by atoms with van der Waals surface area (Å²) in [6.07, 6.45) is 3.40. The molecule has 2 unspecified atom stereocenters. The number of benzene rings is 1. The minimum absolute atomic E-state index is 0.000744. The third-order valence-electron chi connectivity index (χ3n) is 3.77. The molecule has 1 aromatic carbocycles. The number of nitro benzene ring substituents is 1. The first-order valence-corrected chi connectivity index (χ1v) is 7.03. The van der Waals surface area contributed by atoms with Gasteiger partial charge in [0.15, 0.2) is 5.75 Å². The molecule has 0 aliphatic heterocycles. The largest absolute Gasteiger partial charge is 0.487 e. The van der Waals surface area contributed by atoms with Gasteiger partial charge in [-0.3, -0.25) is 10.1 Å². The van der Waals surface area contributed by atoms with Gasteiger partial charge in [0.25, 0.3) is 0 Å². The minimum atomic E-state index is -0.424. The van der Waals surface area contributed by atoms with E-state index in [2.05, 4.69) is 5.32 Å². The van der Waals surface area contributed by atoms with Crippen LogP contribution in [0.1, 0.15) is 26.2 Å². The first-order valence-electron chi connectivity index (χ1n) is 7.03. The number of nitrogens with zero attached hydrogens (tertiary/aromatic N) is 1. The summed E-state index contributed by atoms with van der Waals surface area (Å²) in [5.74, 6) is 0.783. The third kappa shape index (κ3) is 3.19. The van der Waals surface area contributed by atoms with E-state index in [4.69, 9.17) is 10.5 Å². The van der Waals surface area contributed by atoms with Gasteiger partial charge in [0.1, 0.15) is 0 Å². The monoisotopic (exact) mass is 279 g/mol. The van der Waals surface area contributed by atoms with Crippen LogP contribution in [0.25, 0.3) is 0 Å². The highest BCUT2D eigenvalue weighted by atomic mass is 16.6. The van der Waals surface area contributed by atoms with E-state index in [0.29, 0.717) is 30.9 Å². The lowest BCUT2D eigenvalue weighted by Crippen LogP contribution is -2.29. The molecule has 1 saturated carbocycles. The zero-order chi connectivity index (χ0) is 14.5. The molecule has 0 radical (unpaired) electrons. The summed E-state index contributed by atoms with van der Waals surface area (Å²) in [6, 6.07) is 5.26. The van der Waals surface area contributed by atoms with Gasteiger partial charge < -0.3 is 15.8 Å². The van der Waals surface area contributed by atoms with Crippen molar-refractivity contribution in [2.24, 2.45) is 11.7 Å². The Bertz CT molecular complexity index is 479. The summed E-state index contributed by atoms with van der Waals surface area (Å²) < 4.78 is 5.35. The van der Waals surface area contributed by atoms with E-state index in [0.717, 1.165) is 18.5 Å². The van der Waals surface area contributed by atoms with Crippen LogP contribution in [-0.4, -0.2) is 24.1 Å². The van der Waals surface area contributed by atoms with Crippen LogP contribution in [0.3, 0.4) is 0 Å². The average Bonchev–Trinajstić information content (AvgIpc) is 2.86. The number of ether oxygens (including phenoxy) is 1. The molecule has 110 valence electrons. The van der Waals surface area contributed by atoms with Crippen LogP contribution in [0.2, 0.25) is 0 Å². The Kier molecular flexibility index (Phi) is 4.79.